The molecule has 92 valence electrons. The minimum Gasteiger partial charge on any atom is -1.00 e. The molecule has 0 fully saturated rings. The molecule has 1 aromatic heterocycles. The Labute approximate surface area is 107 Å². The number of thiophene rings is 1. The maximum Gasteiger partial charge on any atom is 0.348 e. The van der Waals surface area contributed by atoms with Crippen molar-refractivity contribution < 1.29 is 26.8 Å². The molecule has 5 heteroatoms. The zero-order valence-electron chi connectivity index (χ0n) is 9.83. The average molecular weight is 264 g/mol. The molecule has 3 nitrogen and oxygen atoms in total. The smallest absolute Gasteiger partial charge is 0.348 e. The van der Waals surface area contributed by atoms with E-state index in [4.69, 9.17) is 4.74 Å². The molecule has 1 aromatic rings. The third-order valence-electron chi connectivity index (χ3n) is 2.44. The number of rotatable bonds is 5. The molecule has 0 aliphatic rings. The normalized spacial score (nSPS) is 12.0. The van der Waals surface area contributed by atoms with Gasteiger partial charge in [0.2, 0.25) is 0 Å². The lowest BCUT2D eigenvalue weighted by Crippen LogP contribution is -3.12. The Morgan fingerprint density at radius 1 is 1.56 bits per heavy atom. The molecular formula is C11H18ClNO2S. The molecule has 1 N–H and O–H groups in total. The lowest BCUT2D eigenvalue weighted by atomic mass is 10.3. The molecule has 0 saturated heterocycles. The molecule has 0 amide bonds. The summed E-state index contributed by atoms with van der Waals surface area (Å²) in [5.41, 5.74) is 0. The largest absolute Gasteiger partial charge is 1.00 e. The van der Waals surface area contributed by atoms with Crippen molar-refractivity contribution in [2.24, 2.45) is 0 Å². The molecular weight excluding hydrogens is 246 g/mol. The molecule has 1 heterocycles. The van der Waals surface area contributed by atoms with Crippen LogP contribution < -0.4 is 17.3 Å². The Bertz CT molecular complexity index is 301. The zero-order valence-corrected chi connectivity index (χ0v) is 11.4. The van der Waals surface area contributed by atoms with Crippen molar-refractivity contribution >= 4 is 17.3 Å². The van der Waals surface area contributed by atoms with Crippen LogP contribution in [0.3, 0.4) is 0 Å². The van der Waals surface area contributed by atoms with E-state index in [9.17, 15) is 4.79 Å². The predicted octanol–water partition coefficient (Wildman–Crippen LogP) is -2.17. The number of nitrogens with one attached hydrogen (secondary N) is 1. The average Bonchev–Trinajstić information content (AvgIpc) is 2.70. The first kappa shape index (κ1) is 15.4. The minimum absolute atomic E-state index is 0. The fraction of sp³-hybridized carbons (Fsp3) is 0.545. The Morgan fingerprint density at radius 3 is 2.75 bits per heavy atom. The van der Waals surface area contributed by atoms with Crippen molar-refractivity contribution in [1.29, 1.82) is 0 Å². The number of hydrogen-bond donors (Lipinski definition) is 1. The van der Waals surface area contributed by atoms with Crippen molar-refractivity contribution in [3.8, 4) is 0 Å². The first-order valence-electron chi connectivity index (χ1n) is 5.14. The highest BCUT2D eigenvalue weighted by Gasteiger charge is 2.10. The van der Waals surface area contributed by atoms with E-state index in [1.807, 2.05) is 11.4 Å². The number of carbonyl (C=O) groups excluding carboxylic acids is 1. The van der Waals surface area contributed by atoms with Crippen molar-refractivity contribution in [3.63, 3.8) is 0 Å². The van der Waals surface area contributed by atoms with E-state index >= 15 is 0 Å². The van der Waals surface area contributed by atoms with Gasteiger partial charge in [0.25, 0.3) is 0 Å². The second-order valence-electron chi connectivity index (χ2n) is 3.86. The fourth-order valence-electron chi connectivity index (χ4n) is 1.06. The maximum atomic E-state index is 11.4. The molecule has 0 saturated carbocycles. The van der Waals surface area contributed by atoms with Gasteiger partial charge < -0.3 is 22.0 Å². The monoisotopic (exact) mass is 263 g/mol. The highest BCUT2D eigenvalue weighted by Crippen LogP contribution is 2.09. The lowest BCUT2D eigenvalue weighted by molar-refractivity contribution is -0.901. The molecule has 0 spiro atoms. The van der Waals surface area contributed by atoms with Crippen LogP contribution in [0.2, 0.25) is 0 Å². The molecule has 1 unspecified atom stereocenters. The number of esters is 1. The van der Waals surface area contributed by atoms with Crippen molar-refractivity contribution in [3.05, 3.63) is 22.4 Å². The summed E-state index contributed by atoms with van der Waals surface area (Å²) in [6.07, 6.45) is 0. The van der Waals surface area contributed by atoms with Crippen LogP contribution in [-0.4, -0.2) is 32.2 Å². The van der Waals surface area contributed by atoms with Gasteiger partial charge in [0.1, 0.15) is 18.0 Å². The first-order valence-corrected chi connectivity index (χ1v) is 6.02. The Morgan fingerprint density at radius 2 is 2.25 bits per heavy atom. The summed E-state index contributed by atoms with van der Waals surface area (Å²) in [5, 5.41) is 1.88. The summed E-state index contributed by atoms with van der Waals surface area (Å²) in [5.74, 6) is -0.207. The second kappa shape index (κ2) is 7.65. The van der Waals surface area contributed by atoms with E-state index in [-0.39, 0.29) is 18.4 Å². The van der Waals surface area contributed by atoms with Crippen LogP contribution in [-0.2, 0) is 4.74 Å². The number of halogens is 1. The summed E-state index contributed by atoms with van der Waals surface area (Å²) < 4.78 is 5.16. The SMILES string of the molecule is CC(C)[NH+](C)CCOC(=O)c1cccs1.[Cl-]. The van der Waals surface area contributed by atoms with E-state index in [1.54, 1.807) is 6.07 Å². The van der Waals surface area contributed by atoms with Gasteiger partial charge in [-0.1, -0.05) is 6.07 Å². The quantitative estimate of drug-likeness (QED) is 0.613. The Kier molecular flexibility index (Phi) is 7.38. The topological polar surface area (TPSA) is 30.7 Å². The van der Waals surface area contributed by atoms with Crippen molar-refractivity contribution in [2.75, 3.05) is 20.2 Å². The van der Waals surface area contributed by atoms with E-state index in [0.717, 1.165) is 6.54 Å². The van der Waals surface area contributed by atoms with E-state index in [0.29, 0.717) is 17.5 Å². The van der Waals surface area contributed by atoms with Gasteiger partial charge in [-0.05, 0) is 25.3 Å². The molecule has 0 aromatic carbocycles. The summed E-state index contributed by atoms with van der Waals surface area (Å²) in [4.78, 5) is 13.5. The summed E-state index contributed by atoms with van der Waals surface area (Å²) in [7, 11) is 2.10. The van der Waals surface area contributed by atoms with Gasteiger partial charge >= 0.3 is 5.97 Å². The van der Waals surface area contributed by atoms with Crippen molar-refractivity contribution in [1.82, 2.24) is 0 Å². The van der Waals surface area contributed by atoms with Gasteiger partial charge in [0.15, 0.2) is 0 Å². The third kappa shape index (κ3) is 4.96. The molecule has 0 radical (unpaired) electrons. The second-order valence-corrected chi connectivity index (χ2v) is 4.81. The van der Waals surface area contributed by atoms with Crippen LogP contribution in [0, 0.1) is 0 Å². The predicted molar refractivity (Wildman–Crippen MR) is 61.5 cm³/mol. The Balaban J connectivity index is 0.00000225. The number of likely N-dealkylation sites (N-methyl/N-ethyl adjacent to an activating group) is 1. The number of ether oxygens (including phenoxy) is 1. The molecule has 0 bridgehead atoms. The maximum absolute atomic E-state index is 11.4. The first-order chi connectivity index (χ1) is 7.11. The minimum atomic E-state index is -0.207. The van der Waals surface area contributed by atoms with Gasteiger partial charge in [-0.3, -0.25) is 0 Å². The summed E-state index contributed by atoms with van der Waals surface area (Å²) in [6, 6.07) is 4.20. The van der Waals surface area contributed by atoms with Crippen molar-refractivity contribution in [2.45, 2.75) is 19.9 Å². The molecule has 1 atom stereocenters. The number of carbonyl (C=O) groups is 1. The highest BCUT2D eigenvalue weighted by molar-refractivity contribution is 7.11. The fourth-order valence-corrected chi connectivity index (χ4v) is 1.68. The van der Waals surface area contributed by atoms with Gasteiger partial charge in [-0.15, -0.1) is 11.3 Å². The number of quaternary nitrogens is 1. The highest BCUT2D eigenvalue weighted by atomic mass is 35.5. The van der Waals surface area contributed by atoms with Crippen LogP contribution in [0.5, 0.6) is 0 Å². The van der Waals surface area contributed by atoms with Gasteiger partial charge in [-0.25, -0.2) is 4.79 Å². The summed E-state index contributed by atoms with van der Waals surface area (Å²) in [6.45, 7) is 5.64. The zero-order chi connectivity index (χ0) is 11.3. The van der Waals surface area contributed by atoms with Crippen LogP contribution in [0.15, 0.2) is 17.5 Å². The molecule has 0 aliphatic carbocycles. The molecule has 0 aliphatic heterocycles. The van der Waals surface area contributed by atoms with E-state index < -0.39 is 0 Å². The number of hydrogen-bond acceptors (Lipinski definition) is 3. The van der Waals surface area contributed by atoms with E-state index in [1.165, 1.54) is 16.2 Å². The third-order valence-corrected chi connectivity index (χ3v) is 3.29. The van der Waals surface area contributed by atoms with Crippen LogP contribution in [0.4, 0.5) is 0 Å². The summed E-state index contributed by atoms with van der Waals surface area (Å²) >= 11 is 1.41. The van der Waals surface area contributed by atoms with E-state index in [2.05, 4.69) is 20.9 Å². The molecule has 16 heavy (non-hydrogen) atoms. The standard InChI is InChI=1S/C11H17NO2S.ClH/c1-9(2)12(3)6-7-14-11(13)10-5-4-8-15-10;/h4-5,8-9H,6-7H2,1-3H3;1H. The lowest BCUT2D eigenvalue weighted by Gasteiger charge is -2.17. The van der Waals surface area contributed by atoms with Crippen LogP contribution in [0.25, 0.3) is 0 Å². The van der Waals surface area contributed by atoms with Gasteiger partial charge in [0.05, 0.1) is 13.1 Å². The molecule has 1 rings (SSSR count). The van der Waals surface area contributed by atoms with Gasteiger partial charge in [-0.2, -0.15) is 0 Å². The van der Waals surface area contributed by atoms with Gasteiger partial charge in [0, 0.05) is 0 Å². The Hall–Kier alpha value is -0.580. The van der Waals surface area contributed by atoms with Crippen LogP contribution in [0.1, 0.15) is 23.5 Å². The van der Waals surface area contributed by atoms with Crippen LogP contribution >= 0.6 is 11.3 Å².